The minimum absolute atomic E-state index is 0.0550. The second-order valence-electron chi connectivity index (χ2n) is 10.1. The van der Waals surface area contributed by atoms with Gasteiger partial charge in [-0.3, -0.25) is 0 Å². The van der Waals surface area contributed by atoms with Crippen molar-refractivity contribution in [2.24, 2.45) is 11.8 Å². The molecular weight excluding hydrogens is 348 g/mol. The van der Waals surface area contributed by atoms with Gasteiger partial charge >= 0.3 is 0 Å². The largest absolute Gasteiger partial charge is 0.508 e. The average molecular weight is 389 g/mol. The van der Waals surface area contributed by atoms with Gasteiger partial charge in [0.05, 0.1) is 12.2 Å². The monoisotopic (exact) mass is 388 g/mol. The molecule has 2 fully saturated rings. The summed E-state index contributed by atoms with van der Waals surface area (Å²) in [7, 11) is 0. The molecule has 0 heterocycles. The van der Waals surface area contributed by atoms with Crippen LogP contribution in [-0.4, -0.2) is 27.5 Å². The average Bonchev–Trinajstić information content (AvgIpc) is 2.65. The SMILES string of the molecule is CCCCCCC(C)(C)c1ccc(C2CC(O)CC3CCC(O)CC32)c(O)c1. The molecule has 1 aromatic rings. The molecular formula is C25H40O3. The highest BCUT2D eigenvalue weighted by Gasteiger charge is 2.42. The fraction of sp³-hybridized carbons (Fsp3) is 0.760. The Kier molecular flexibility index (Phi) is 7.09. The van der Waals surface area contributed by atoms with E-state index in [0.717, 1.165) is 37.7 Å². The lowest BCUT2D eigenvalue weighted by atomic mass is 9.62. The first-order chi connectivity index (χ1) is 13.3. The van der Waals surface area contributed by atoms with Gasteiger partial charge in [0, 0.05) is 0 Å². The summed E-state index contributed by atoms with van der Waals surface area (Å²) in [6.07, 6.45) is 9.81. The molecule has 3 nitrogen and oxygen atoms in total. The molecule has 0 saturated heterocycles. The zero-order valence-corrected chi connectivity index (χ0v) is 18.0. The number of benzene rings is 1. The van der Waals surface area contributed by atoms with Crippen molar-refractivity contribution in [3.05, 3.63) is 29.3 Å². The summed E-state index contributed by atoms with van der Waals surface area (Å²) in [6.45, 7) is 6.77. The van der Waals surface area contributed by atoms with E-state index < -0.39 is 0 Å². The predicted molar refractivity (Wildman–Crippen MR) is 115 cm³/mol. The first kappa shape index (κ1) is 21.6. The lowest BCUT2D eigenvalue weighted by molar-refractivity contribution is -0.00864. The van der Waals surface area contributed by atoms with Gasteiger partial charge in [-0.25, -0.2) is 0 Å². The van der Waals surface area contributed by atoms with Crippen molar-refractivity contribution >= 4 is 0 Å². The van der Waals surface area contributed by atoms with Crippen molar-refractivity contribution in [2.75, 3.05) is 0 Å². The molecule has 2 saturated carbocycles. The first-order valence-corrected chi connectivity index (χ1v) is 11.5. The third kappa shape index (κ3) is 4.91. The van der Waals surface area contributed by atoms with E-state index in [4.69, 9.17) is 0 Å². The Labute approximate surface area is 171 Å². The molecule has 5 unspecified atom stereocenters. The Bertz CT molecular complexity index is 639. The van der Waals surface area contributed by atoms with Crippen molar-refractivity contribution in [1.29, 1.82) is 0 Å². The molecule has 0 aromatic heterocycles. The van der Waals surface area contributed by atoms with Crippen LogP contribution in [0.4, 0.5) is 0 Å². The van der Waals surface area contributed by atoms with Gasteiger partial charge in [-0.15, -0.1) is 0 Å². The molecule has 0 amide bonds. The van der Waals surface area contributed by atoms with E-state index in [0.29, 0.717) is 24.0 Å². The van der Waals surface area contributed by atoms with E-state index >= 15 is 0 Å². The molecule has 2 aliphatic rings. The molecule has 5 atom stereocenters. The molecule has 3 rings (SSSR count). The Morgan fingerprint density at radius 2 is 1.75 bits per heavy atom. The number of aliphatic hydroxyl groups is 2. The van der Waals surface area contributed by atoms with Crippen LogP contribution in [0.5, 0.6) is 5.75 Å². The summed E-state index contributed by atoms with van der Waals surface area (Å²) in [5.74, 6) is 1.35. The van der Waals surface area contributed by atoms with Crippen LogP contribution in [0, 0.1) is 11.8 Å². The molecule has 1 aromatic carbocycles. The summed E-state index contributed by atoms with van der Waals surface area (Å²) >= 11 is 0. The van der Waals surface area contributed by atoms with Gasteiger partial charge < -0.3 is 15.3 Å². The van der Waals surface area contributed by atoms with E-state index in [9.17, 15) is 15.3 Å². The zero-order chi connectivity index (χ0) is 20.3. The smallest absolute Gasteiger partial charge is 0.119 e. The van der Waals surface area contributed by atoms with E-state index in [1.54, 1.807) is 0 Å². The molecule has 0 aliphatic heterocycles. The minimum Gasteiger partial charge on any atom is -0.508 e. The molecule has 3 N–H and O–H groups in total. The maximum absolute atomic E-state index is 10.9. The second-order valence-corrected chi connectivity index (χ2v) is 10.1. The molecule has 0 radical (unpaired) electrons. The maximum atomic E-state index is 10.9. The number of aliphatic hydroxyl groups excluding tert-OH is 2. The predicted octanol–water partition coefficient (Wildman–Crippen LogP) is 5.66. The molecule has 158 valence electrons. The van der Waals surface area contributed by atoms with Gasteiger partial charge in [0.15, 0.2) is 0 Å². The number of phenolic OH excluding ortho intramolecular Hbond substituents is 1. The van der Waals surface area contributed by atoms with Crippen LogP contribution in [0.3, 0.4) is 0 Å². The van der Waals surface area contributed by atoms with E-state index in [2.05, 4.69) is 32.9 Å². The van der Waals surface area contributed by atoms with Gasteiger partial charge in [-0.05, 0) is 78.9 Å². The highest BCUT2D eigenvalue weighted by atomic mass is 16.3. The van der Waals surface area contributed by atoms with Gasteiger partial charge in [-0.1, -0.05) is 58.6 Å². The van der Waals surface area contributed by atoms with Crippen LogP contribution < -0.4 is 0 Å². The summed E-state index contributed by atoms with van der Waals surface area (Å²) in [6, 6.07) is 6.24. The lowest BCUT2D eigenvalue weighted by Crippen LogP contribution is -2.39. The number of aromatic hydroxyl groups is 1. The minimum atomic E-state index is -0.296. The Morgan fingerprint density at radius 3 is 2.46 bits per heavy atom. The zero-order valence-electron chi connectivity index (χ0n) is 18.0. The van der Waals surface area contributed by atoms with Crippen LogP contribution in [0.1, 0.15) is 102 Å². The summed E-state index contributed by atoms with van der Waals surface area (Å²) in [5.41, 5.74) is 2.22. The fourth-order valence-electron chi connectivity index (χ4n) is 5.72. The molecule has 0 bridgehead atoms. The number of hydrogen-bond acceptors (Lipinski definition) is 3. The Morgan fingerprint density at radius 1 is 0.964 bits per heavy atom. The molecule has 3 heteroatoms. The van der Waals surface area contributed by atoms with E-state index in [1.165, 1.54) is 31.2 Å². The van der Waals surface area contributed by atoms with Crippen LogP contribution >= 0.6 is 0 Å². The fourth-order valence-corrected chi connectivity index (χ4v) is 5.72. The standard InChI is InChI=1S/C25H40O3/c1-4-5-6-7-12-25(2,3)18-9-11-21(24(28)14-18)23-16-20(27)13-17-8-10-19(26)15-22(17)23/h9,11,14,17,19-20,22-23,26-28H,4-8,10,12-13,15-16H2,1-3H3. The van der Waals surface area contributed by atoms with Gasteiger partial charge in [0.25, 0.3) is 0 Å². The van der Waals surface area contributed by atoms with Crippen molar-refractivity contribution < 1.29 is 15.3 Å². The first-order valence-electron chi connectivity index (χ1n) is 11.5. The molecule has 2 aliphatic carbocycles. The Hall–Kier alpha value is -1.06. The van der Waals surface area contributed by atoms with E-state index in [1.807, 2.05) is 6.07 Å². The highest BCUT2D eigenvalue weighted by molar-refractivity contribution is 5.42. The third-order valence-corrected chi connectivity index (χ3v) is 7.50. The number of fused-ring (bicyclic) bond motifs is 1. The maximum Gasteiger partial charge on any atom is 0.119 e. The summed E-state index contributed by atoms with van der Waals surface area (Å²) < 4.78 is 0. The summed E-state index contributed by atoms with van der Waals surface area (Å²) in [4.78, 5) is 0. The van der Waals surface area contributed by atoms with Gasteiger partial charge in [-0.2, -0.15) is 0 Å². The van der Waals surface area contributed by atoms with Crippen LogP contribution in [0.2, 0.25) is 0 Å². The number of phenols is 1. The van der Waals surface area contributed by atoms with Crippen LogP contribution in [0.25, 0.3) is 0 Å². The quantitative estimate of drug-likeness (QED) is 0.529. The van der Waals surface area contributed by atoms with Gasteiger partial charge in [0.2, 0.25) is 0 Å². The van der Waals surface area contributed by atoms with E-state index in [-0.39, 0.29) is 23.5 Å². The Balaban J connectivity index is 1.77. The van der Waals surface area contributed by atoms with Crippen molar-refractivity contribution in [3.8, 4) is 5.75 Å². The normalized spacial score (nSPS) is 30.8. The highest BCUT2D eigenvalue weighted by Crippen LogP contribution is 2.50. The number of hydrogen-bond donors (Lipinski definition) is 3. The van der Waals surface area contributed by atoms with Crippen LogP contribution in [0.15, 0.2) is 18.2 Å². The van der Waals surface area contributed by atoms with Crippen molar-refractivity contribution in [2.45, 2.75) is 109 Å². The lowest BCUT2D eigenvalue weighted by Gasteiger charge is -2.45. The number of unbranched alkanes of at least 4 members (excludes halogenated alkanes) is 3. The van der Waals surface area contributed by atoms with Crippen molar-refractivity contribution in [1.82, 2.24) is 0 Å². The number of rotatable bonds is 7. The third-order valence-electron chi connectivity index (χ3n) is 7.50. The molecule has 28 heavy (non-hydrogen) atoms. The van der Waals surface area contributed by atoms with Crippen molar-refractivity contribution in [3.63, 3.8) is 0 Å². The molecule has 0 spiro atoms. The topological polar surface area (TPSA) is 60.7 Å². The summed E-state index contributed by atoms with van der Waals surface area (Å²) in [5, 5.41) is 31.5. The second kappa shape index (κ2) is 9.17. The van der Waals surface area contributed by atoms with Gasteiger partial charge in [0.1, 0.15) is 5.75 Å². The van der Waals surface area contributed by atoms with Crippen LogP contribution in [-0.2, 0) is 5.41 Å².